The van der Waals surface area contributed by atoms with Crippen molar-refractivity contribution in [3.8, 4) is 11.1 Å². The average Bonchev–Trinajstić information content (AvgIpc) is 2.87. The van der Waals surface area contributed by atoms with Crippen LogP contribution < -0.4 is 0 Å². The van der Waals surface area contributed by atoms with Gasteiger partial charge in [0.2, 0.25) is 0 Å². The molecule has 0 heterocycles. The molecule has 0 amide bonds. The van der Waals surface area contributed by atoms with E-state index in [0.29, 0.717) is 0 Å². The molecule has 0 aromatic heterocycles. The van der Waals surface area contributed by atoms with E-state index in [0.717, 1.165) is 0 Å². The van der Waals surface area contributed by atoms with Crippen LogP contribution in [0.5, 0.6) is 0 Å². The summed E-state index contributed by atoms with van der Waals surface area (Å²) >= 11 is 0. The van der Waals surface area contributed by atoms with E-state index in [1.165, 1.54) is 43.8 Å². The Hall–Kier alpha value is -2.38. The molecular weight excluding hydrogens is 320 g/mol. The van der Waals surface area contributed by atoms with Gasteiger partial charge in [-0.3, -0.25) is 0 Å². The van der Waals surface area contributed by atoms with E-state index in [4.69, 9.17) is 0 Å². The molecular formula is C24H20S. The lowest BCUT2D eigenvalue weighted by atomic mass is 9.95. The molecule has 0 nitrogen and oxygen atoms in total. The standard InChI is InChI=1S/C24H20S/c1-24(25(2)3)22-14-18-10-6-4-8-16(18)12-20(22)21-13-17-9-5-7-11-19(17)15-23(21)24/h4-15H,2H2,1,3H3. The first kappa shape index (κ1) is 14.9. The smallest absolute Gasteiger partial charge is 0.0584 e. The Bertz CT molecular complexity index is 1100. The van der Waals surface area contributed by atoms with Crippen LogP contribution in [0, 0.1) is 0 Å². The van der Waals surface area contributed by atoms with Gasteiger partial charge in [0.1, 0.15) is 0 Å². The van der Waals surface area contributed by atoms with Gasteiger partial charge in [0.05, 0.1) is 4.75 Å². The third-order valence-electron chi connectivity index (χ3n) is 5.79. The Balaban J connectivity index is 1.95. The van der Waals surface area contributed by atoms with Gasteiger partial charge >= 0.3 is 0 Å². The molecule has 1 unspecified atom stereocenters. The summed E-state index contributed by atoms with van der Waals surface area (Å²) in [6.45, 7) is 2.37. The molecule has 4 aromatic carbocycles. The van der Waals surface area contributed by atoms with Gasteiger partial charge in [0.25, 0.3) is 0 Å². The second-order valence-electron chi connectivity index (χ2n) is 7.16. The maximum Gasteiger partial charge on any atom is 0.0584 e. The Morgan fingerprint density at radius 2 is 1.04 bits per heavy atom. The van der Waals surface area contributed by atoms with Crippen LogP contribution in [0.2, 0.25) is 0 Å². The van der Waals surface area contributed by atoms with Crippen molar-refractivity contribution in [2.45, 2.75) is 11.7 Å². The highest BCUT2D eigenvalue weighted by Crippen LogP contribution is 2.57. The maximum atomic E-state index is 4.48. The number of hydrogen-bond acceptors (Lipinski definition) is 0. The summed E-state index contributed by atoms with van der Waals surface area (Å²) in [4.78, 5) is 0. The first-order valence-electron chi connectivity index (χ1n) is 8.62. The lowest BCUT2D eigenvalue weighted by Gasteiger charge is -2.29. The number of fused-ring (bicyclic) bond motifs is 5. The van der Waals surface area contributed by atoms with Crippen molar-refractivity contribution in [1.82, 2.24) is 0 Å². The van der Waals surface area contributed by atoms with E-state index in [9.17, 15) is 0 Å². The third-order valence-corrected chi connectivity index (χ3v) is 7.62. The zero-order chi connectivity index (χ0) is 17.2. The van der Waals surface area contributed by atoms with Crippen LogP contribution in [0.25, 0.3) is 32.7 Å². The Morgan fingerprint density at radius 3 is 1.40 bits per heavy atom. The minimum atomic E-state index is -0.0290. The summed E-state index contributed by atoms with van der Waals surface area (Å²) in [6.07, 6.45) is 2.27. The van der Waals surface area contributed by atoms with Gasteiger partial charge in [0.15, 0.2) is 0 Å². The van der Waals surface area contributed by atoms with Crippen LogP contribution in [0.3, 0.4) is 0 Å². The zero-order valence-electron chi connectivity index (χ0n) is 14.5. The maximum absolute atomic E-state index is 4.48. The SMILES string of the molecule is C=S(C)C1(C)c2cc3ccccc3cc2-c2cc3ccccc3cc21. The van der Waals surface area contributed by atoms with Crippen LogP contribution in [0.15, 0.2) is 72.8 Å². The van der Waals surface area contributed by atoms with Gasteiger partial charge in [-0.2, -0.15) is 10.5 Å². The summed E-state index contributed by atoms with van der Waals surface area (Å²) in [5.41, 5.74) is 5.62. The predicted octanol–water partition coefficient (Wildman–Crippen LogP) is 6.57. The van der Waals surface area contributed by atoms with Crippen LogP contribution in [0.1, 0.15) is 18.1 Å². The van der Waals surface area contributed by atoms with Crippen molar-refractivity contribution in [2.24, 2.45) is 0 Å². The number of rotatable bonds is 1. The van der Waals surface area contributed by atoms with Crippen molar-refractivity contribution < 1.29 is 0 Å². The van der Waals surface area contributed by atoms with Gasteiger partial charge in [-0.15, -0.1) is 0 Å². The van der Waals surface area contributed by atoms with Crippen molar-refractivity contribution in [1.29, 1.82) is 0 Å². The lowest BCUT2D eigenvalue weighted by molar-refractivity contribution is 0.873. The molecule has 0 saturated heterocycles. The van der Waals surface area contributed by atoms with Crippen molar-refractivity contribution in [3.63, 3.8) is 0 Å². The molecule has 122 valence electrons. The van der Waals surface area contributed by atoms with Gasteiger partial charge in [-0.25, -0.2) is 0 Å². The van der Waals surface area contributed by atoms with Crippen molar-refractivity contribution >= 4 is 37.9 Å². The molecule has 1 atom stereocenters. The molecule has 0 N–H and O–H groups in total. The van der Waals surface area contributed by atoms with Crippen LogP contribution in [0.4, 0.5) is 0 Å². The molecule has 0 spiro atoms. The Labute approximate surface area is 151 Å². The summed E-state index contributed by atoms with van der Waals surface area (Å²) in [5, 5.41) is 5.25. The third kappa shape index (κ3) is 1.93. The van der Waals surface area contributed by atoms with E-state index >= 15 is 0 Å². The minimum Gasteiger partial charge on any atom is -0.181 e. The van der Waals surface area contributed by atoms with Gasteiger partial charge < -0.3 is 0 Å². The molecule has 0 fully saturated rings. The van der Waals surface area contributed by atoms with E-state index in [1.807, 2.05) is 0 Å². The van der Waals surface area contributed by atoms with Crippen LogP contribution >= 0.6 is 10.5 Å². The fourth-order valence-corrected chi connectivity index (χ4v) is 5.32. The molecule has 1 heteroatoms. The van der Waals surface area contributed by atoms with Crippen LogP contribution in [-0.4, -0.2) is 12.1 Å². The summed E-state index contributed by atoms with van der Waals surface area (Å²) in [7, 11) is -0.0151. The van der Waals surface area contributed by atoms with Crippen LogP contribution in [-0.2, 0) is 4.75 Å². The predicted molar refractivity (Wildman–Crippen MR) is 114 cm³/mol. The molecule has 0 aliphatic heterocycles. The van der Waals surface area contributed by atoms with Gasteiger partial charge in [-0.1, -0.05) is 54.4 Å². The average molecular weight is 340 g/mol. The van der Waals surface area contributed by atoms with E-state index in [2.05, 4.69) is 91.8 Å². The molecule has 25 heavy (non-hydrogen) atoms. The summed E-state index contributed by atoms with van der Waals surface area (Å²) < 4.78 is -0.0290. The first-order valence-corrected chi connectivity index (χ1v) is 10.4. The molecule has 4 aromatic rings. The fourth-order valence-electron chi connectivity index (χ4n) is 4.24. The van der Waals surface area contributed by atoms with Crippen molar-refractivity contribution in [2.75, 3.05) is 6.26 Å². The zero-order valence-corrected chi connectivity index (χ0v) is 15.4. The summed E-state index contributed by atoms with van der Waals surface area (Å²) in [6, 6.07) is 26.9. The van der Waals surface area contributed by atoms with Gasteiger partial charge in [-0.05, 0) is 81.2 Å². The monoisotopic (exact) mass is 340 g/mol. The van der Waals surface area contributed by atoms with E-state index < -0.39 is 0 Å². The highest BCUT2D eigenvalue weighted by atomic mass is 32.2. The normalized spacial score (nSPS) is 15.9. The first-order chi connectivity index (χ1) is 12.1. The highest BCUT2D eigenvalue weighted by molar-refractivity contribution is 8.14. The minimum absolute atomic E-state index is 0.0151. The Morgan fingerprint density at radius 1 is 0.680 bits per heavy atom. The highest BCUT2D eigenvalue weighted by Gasteiger charge is 2.40. The number of benzene rings is 4. The summed E-state index contributed by atoms with van der Waals surface area (Å²) in [5.74, 6) is 4.48. The second kappa shape index (κ2) is 5.06. The Kier molecular flexibility index (Phi) is 3.02. The topological polar surface area (TPSA) is 0 Å². The van der Waals surface area contributed by atoms with E-state index in [1.54, 1.807) is 0 Å². The quantitative estimate of drug-likeness (QED) is 0.344. The molecule has 1 aliphatic rings. The largest absolute Gasteiger partial charge is 0.181 e. The van der Waals surface area contributed by atoms with Crippen molar-refractivity contribution in [3.05, 3.63) is 83.9 Å². The van der Waals surface area contributed by atoms with E-state index in [-0.39, 0.29) is 15.2 Å². The molecule has 0 radical (unpaired) electrons. The number of hydrogen-bond donors (Lipinski definition) is 0. The van der Waals surface area contributed by atoms with Gasteiger partial charge in [0, 0.05) is 0 Å². The molecule has 0 bridgehead atoms. The molecule has 5 rings (SSSR count). The molecule has 0 saturated carbocycles. The molecule has 1 aliphatic carbocycles. The second-order valence-corrected chi connectivity index (χ2v) is 9.25. The fraction of sp³-hybridized carbons (Fsp3) is 0.125. The lowest BCUT2D eigenvalue weighted by Crippen LogP contribution is -2.17.